The number of hydrogen-bond acceptors (Lipinski definition) is 2. The number of amides is 2. The maximum atomic E-state index is 11.7. The molecule has 2 atom stereocenters. The summed E-state index contributed by atoms with van der Waals surface area (Å²) in [5, 5.41) is 0. The summed E-state index contributed by atoms with van der Waals surface area (Å²) in [7, 11) is 0. The molecule has 0 bridgehead atoms. The first kappa shape index (κ1) is 8.65. The molecule has 2 amide bonds. The van der Waals surface area contributed by atoms with Gasteiger partial charge in [-0.15, -0.1) is 0 Å². The molecule has 1 aliphatic carbocycles. The monoisotopic (exact) mass is 201 g/mol. The van der Waals surface area contributed by atoms with E-state index in [1.54, 1.807) is 0 Å². The zero-order chi connectivity index (χ0) is 10.4. The van der Waals surface area contributed by atoms with Crippen molar-refractivity contribution >= 4 is 11.8 Å². The molecule has 1 heterocycles. The number of carbonyl (C=O) groups is 2. The first-order valence-electron chi connectivity index (χ1n) is 5.16. The predicted octanol–water partition coefficient (Wildman–Crippen LogP) is 1.19. The van der Waals surface area contributed by atoms with Crippen molar-refractivity contribution in [3.8, 4) is 0 Å². The summed E-state index contributed by atoms with van der Waals surface area (Å²) in [6.07, 6.45) is 0.781. The molecule has 1 aromatic rings. The minimum atomic E-state index is 0.0150. The summed E-state index contributed by atoms with van der Waals surface area (Å²) in [6, 6.07) is 9.63. The fourth-order valence-electron chi connectivity index (χ4n) is 2.17. The normalized spacial score (nSPS) is 28.1. The van der Waals surface area contributed by atoms with E-state index in [-0.39, 0.29) is 23.7 Å². The van der Waals surface area contributed by atoms with Crippen molar-refractivity contribution in [2.75, 3.05) is 0 Å². The minimum Gasteiger partial charge on any atom is -0.278 e. The van der Waals surface area contributed by atoms with Crippen LogP contribution in [0.4, 0.5) is 0 Å². The molecular formula is C12H11NO2. The number of imide groups is 1. The first-order chi connectivity index (χ1) is 7.27. The maximum Gasteiger partial charge on any atom is 0.233 e. The van der Waals surface area contributed by atoms with Gasteiger partial charge in [0.15, 0.2) is 0 Å². The Morgan fingerprint density at radius 2 is 1.67 bits per heavy atom. The topological polar surface area (TPSA) is 37.4 Å². The fraction of sp³-hybridized carbons (Fsp3) is 0.333. The lowest BCUT2D eigenvalue weighted by Crippen LogP contribution is -2.32. The van der Waals surface area contributed by atoms with E-state index in [1.165, 1.54) is 4.90 Å². The SMILES string of the molecule is O=C1C2C[C@@H]2C(=O)N1Cc1ccccc1. The van der Waals surface area contributed by atoms with Gasteiger partial charge in [-0.1, -0.05) is 30.3 Å². The van der Waals surface area contributed by atoms with E-state index < -0.39 is 0 Å². The van der Waals surface area contributed by atoms with Crippen molar-refractivity contribution in [3.63, 3.8) is 0 Å². The van der Waals surface area contributed by atoms with Gasteiger partial charge in [0, 0.05) is 0 Å². The number of rotatable bonds is 2. The van der Waals surface area contributed by atoms with Crippen molar-refractivity contribution in [3.05, 3.63) is 35.9 Å². The van der Waals surface area contributed by atoms with Crippen molar-refractivity contribution in [2.24, 2.45) is 11.8 Å². The summed E-state index contributed by atoms with van der Waals surface area (Å²) in [6.45, 7) is 0.436. The van der Waals surface area contributed by atoms with Gasteiger partial charge in [0.2, 0.25) is 11.8 Å². The molecule has 0 aromatic heterocycles. The second kappa shape index (κ2) is 2.92. The second-order valence-electron chi connectivity index (χ2n) is 4.20. The first-order valence-corrected chi connectivity index (χ1v) is 5.16. The number of piperidine rings is 1. The highest BCUT2D eigenvalue weighted by Crippen LogP contribution is 2.47. The Morgan fingerprint density at radius 1 is 1.07 bits per heavy atom. The maximum absolute atomic E-state index is 11.7. The molecular weight excluding hydrogens is 190 g/mol. The number of hydrogen-bond donors (Lipinski definition) is 0. The number of carbonyl (C=O) groups excluding carboxylic acids is 2. The van der Waals surface area contributed by atoms with E-state index in [0.29, 0.717) is 6.54 Å². The van der Waals surface area contributed by atoms with Crippen LogP contribution < -0.4 is 0 Å². The molecule has 15 heavy (non-hydrogen) atoms. The van der Waals surface area contributed by atoms with Crippen LogP contribution in [0.3, 0.4) is 0 Å². The van der Waals surface area contributed by atoms with Crippen LogP contribution in [0.5, 0.6) is 0 Å². The Kier molecular flexibility index (Phi) is 1.69. The number of likely N-dealkylation sites (tertiary alicyclic amines) is 1. The van der Waals surface area contributed by atoms with Gasteiger partial charge in [-0.25, -0.2) is 0 Å². The average Bonchev–Trinajstić information content (AvgIpc) is 3.01. The second-order valence-corrected chi connectivity index (χ2v) is 4.20. The lowest BCUT2D eigenvalue weighted by molar-refractivity contribution is -0.142. The molecule has 1 aromatic carbocycles. The molecule has 76 valence electrons. The molecule has 3 nitrogen and oxygen atoms in total. The molecule has 3 heteroatoms. The molecule has 1 saturated heterocycles. The van der Waals surface area contributed by atoms with Gasteiger partial charge < -0.3 is 0 Å². The number of nitrogens with zero attached hydrogens (tertiary/aromatic N) is 1. The molecule has 0 radical (unpaired) electrons. The Morgan fingerprint density at radius 3 is 2.27 bits per heavy atom. The Balaban J connectivity index is 1.79. The average molecular weight is 201 g/mol. The summed E-state index contributed by atoms with van der Waals surface area (Å²) in [5.74, 6) is 0.0742. The van der Waals surface area contributed by atoms with E-state index in [9.17, 15) is 9.59 Å². The zero-order valence-corrected chi connectivity index (χ0v) is 8.22. The summed E-state index contributed by atoms with van der Waals surface area (Å²) < 4.78 is 0. The Bertz CT molecular complexity index is 407. The van der Waals surface area contributed by atoms with Crippen LogP contribution >= 0.6 is 0 Å². The van der Waals surface area contributed by atoms with E-state index in [0.717, 1.165) is 12.0 Å². The van der Waals surface area contributed by atoms with Crippen LogP contribution in [0.25, 0.3) is 0 Å². The van der Waals surface area contributed by atoms with E-state index >= 15 is 0 Å². The van der Waals surface area contributed by atoms with E-state index in [1.807, 2.05) is 30.3 Å². The van der Waals surface area contributed by atoms with Crippen LogP contribution in [0.2, 0.25) is 0 Å². The smallest absolute Gasteiger partial charge is 0.233 e. The minimum absolute atomic E-state index is 0.0150. The lowest BCUT2D eigenvalue weighted by Gasteiger charge is -2.15. The highest BCUT2D eigenvalue weighted by molar-refractivity contribution is 6.08. The number of fused-ring (bicyclic) bond motifs is 1. The number of benzene rings is 1. The highest BCUT2D eigenvalue weighted by atomic mass is 16.2. The largest absolute Gasteiger partial charge is 0.278 e. The lowest BCUT2D eigenvalue weighted by atomic mass is 10.2. The zero-order valence-electron chi connectivity index (χ0n) is 8.22. The summed E-state index contributed by atoms with van der Waals surface area (Å²) >= 11 is 0. The molecule has 3 rings (SSSR count). The van der Waals surface area contributed by atoms with Gasteiger partial charge >= 0.3 is 0 Å². The molecule has 1 saturated carbocycles. The van der Waals surface area contributed by atoms with Crippen LogP contribution in [0.1, 0.15) is 12.0 Å². The van der Waals surface area contributed by atoms with Crippen molar-refractivity contribution in [2.45, 2.75) is 13.0 Å². The third-order valence-electron chi connectivity index (χ3n) is 3.14. The van der Waals surface area contributed by atoms with E-state index in [2.05, 4.69) is 0 Å². The third-order valence-corrected chi connectivity index (χ3v) is 3.14. The summed E-state index contributed by atoms with van der Waals surface area (Å²) in [5.41, 5.74) is 1.01. The van der Waals surface area contributed by atoms with Gasteiger partial charge in [-0.2, -0.15) is 0 Å². The highest BCUT2D eigenvalue weighted by Gasteiger charge is 2.58. The fourth-order valence-corrected chi connectivity index (χ4v) is 2.17. The van der Waals surface area contributed by atoms with Crippen molar-refractivity contribution < 1.29 is 9.59 Å². The quantitative estimate of drug-likeness (QED) is 0.674. The van der Waals surface area contributed by atoms with Gasteiger partial charge in [0.1, 0.15) is 0 Å². The molecule has 0 N–H and O–H groups in total. The van der Waals surface area contributed by atoms with Gasteiger partial charge in [0.05, 0.1) is 18.4 Å². The van der Waals surface area contributed by atoms with Gasteiger partial charge in [0.25, 0.3) is 0 Å². The molecule has 1 aliphatic heterocycles. The van der Waals surface area contributed by atoms with Crippen LogP contribution in [0, 0.1) is 11.8 Å². The van der Waals surface area contributed by atoms with Gasteiger partial charge in [-0.05, 0) is 12.0 Å². The molecule has 0 spiro atoms. The Hall–Kier alpha value is -1.64. The Labute approximate surface area is 87.7 Å². The van der Waals surface area contributed by atoms with Gasteiger partial charge in [-0.3, -0.25) is 14.5 Å². The standard InChI is InChI=1S/C12H11NO2/c14-11-9-6-10(9)12(15)13(11)7-8-4-2-1-3-5-8/h1-5,9-10H,6-7H2/t9-,10?/m0/s1. The van der Waals surface area contributed by atoms with Crippen molar-refractivity contribution in [1.82, 2.24) is 4.90 Å². The molecule has 2 aliphatic rings. The van der Waals surface area contributed by atoms with Crippen LogP contribution in [0.15, 0.2) is 30.3 Å². The van der Waals surface area contributed by atoms with Crippen LogP contribution in [-0.4, -0.2) is 16.7 Å². The van der Waals surface area contributed by atoms with E-state index in [4.69, 9.17) is 0 Å². The van der Waals surface area contributed by atoms with Crippen molar-refractivity contribution in [1.29, 1.82) is 0 Å². The summed E-state index contributed by atoms with van der Waals surface area (Å²) in [4.78, 5) is 24.7. The molecule has 2 fully saturated rings. The van der Waals surface area contributed by atoms with Crippen LogP contribution in [-0.2, 0) is 16.1 Å². The third kappa shape index (κ3) is 1.27. The predicted molar refractivity (Wildman–Crippen MR) is 53.6 cm³/mol. The molecule has 1 unspecified atom stereocenters.